The van der Waals surface area contributed by atoms with E-state index in [0.717, 1.165) is 17.7 Å². The van der Waals surface area contributed by atoms with Gasteiger partial charge >= 0.3 is 0 Å². The Morgan fingerprint density at radius 3 is 2.94 bits per heavy atom. The molecule has 1 heterocycles. The highest BCUT2D eigenvalue weighted by molar-refractivity contribution is 5.91. The molecule has 4 heteroatoms. The van der Waals surface area contributed by atoms with Gasteiger partial charge in [0.05, 0.1) is 11.9 Å². The van der Waals surface area contributed by atoms with E-state index in [1.807, 2.05) is 19.9 Å². The van der Waals surface area contributed by atoms with Gasteiger partial charge in [0.15, 0.2) is 0 Å². The van der Waals surface area contributed by atoms with Crippen LogP contribution in [0.15, 0.2) is 18.5 Å². The summed E-state index contributed by atoms with van der Waals surface area (Å²) >= 11 is 0. The van der Waals surface area contributed by atoms with Gasteiger partial charge in [0.25, 0.3) is 0 Å². The van der Waals surface area contributed by atoms with Crippen LogP contribution in [0.5, 0.6) is 0 Å². The Hall–Kier alpha value is -1.42. The van der Waals surface area contributed by atoms with Crippen LogP contribution in [-0.4, -0.2) is 17.4 Å². The largest absolute Gasteiger partial charge is 0.330 e. The number of aryl methyl sites for hydroxylation is 1. The lowest BCUT2D eigenvalue weighted by atomic mass is 10.0. The molecule has 1 aromatic heterocycles. The van der Waals surface area contributed by atoms with Crippen LogP contribution >= 0.6 is 0 Å². The molecule has 0 saturated carbocycles. The highest BCUT2D eigenvalue weighted by atomic mass is 16.1. The monoisotopic (exact) mass is 221 g/mol. The van der Waals surface area contributed by atoms with Gasteiger partial charge < -0.3 is 11.1 Å². The number of nitrogens with one attached hydrogen (secondary N) is 1. The summed E-state index contributed by atoms with van der Waals surface area (Å²) in [5.41, 5.74) is 7.36. The zero-order valence-electron chi connectivity index (χ0n) is 9.86. The van der Waals surface area contributed by atoms with Crippen molar-refractivity contribution in [1.82, 2.24) is 4.98 Å². The number of hydrogen-bond acceptors (Lipinski definition) is 3. The Kier molecular flexibility index (Phi) is 4.92. The maximum atomic E-state index is 11.7. The highest BCUT2D eigenvalue weighted by Gasteiger charge is 2.11. The van der Waals surface area contributed by atoms with Crippen LogP contribution in [0.2, 0.25) is 0 Å². The fourth-order valence-corrected chi connectivity index (χ4v) is 1.45. The molecule has 0 spiro atoms. The van der Waals surface area contributed by atoms with E-state index in [0.29, 0.717) is 13.0 Å². The standard InChI is InChI=1S/C12H19N3O/c1-3-10(7-13)6-12(16)15-11-8-14-5-4-9(11)2/h4-5,8,10H,3,6-7,13H2,1-2H3,(H,15,16). The van der Waals surface area contributed by atoms with E-state index < -0.39 is 0 Å². The van der Waals surface area contributed by atoms with E-state index in [1.165, 1.54) is 0 Å². The Labute approximate surface area is 96.3 Å². The number of rotatable bonds is 5. The molecular weight excluding hydrogens is 202 g/mol. The third-order valence-corrected chi connectivity index (χ3v) is 2.70. The molecule has 16 heavy (non-hydrogen) atoms. The average molecular weight is 221 g/mol. The maximum Gasteiger partial charge on any atom is 0.224 e. The van der Waals surface area contributed by atoms with Crippen molar-refractivity contribution in [2.75, 3.05) is 11.9 Å². The molecule has 0 fully saturated rings. The summed E-state index contributed by atoms with van der Waals surface area (Å²) in [6.07, 6.45) is 4.77. The topological polar surface area (TPSA) is 68.0 Å². The SMILES string of the molecule is CCC(CN)CC(=O)Nc1cnccc1C. The van der Waals surface area contributed by atoms with Crippen molar-refractivity contribution >= 4 is 11.6 Å². The van der Waals surface area contributed by atoms with Crippen molar-refractivity contribution in [3.8, 4) is 0 Å². The number of pyridine rings is 1. The van der Waals surface area contributed by atoms with Crippen molar-refractivity contribution in [1.29, 1.82) is 0 Å². The van der Waals surface area contributed by atoms with Crippen LogP contribution in [-0.2, 0) is 4.79 Å². The second-order valence-electron chi connectivity index (χ2n) is 3.95. The molecule has 1 unspecified atom stereocenters. The first-order valence-electron chi connectivity index (χ1n) is 5.57. The van der Waals surface area contributed by atoms with Gasteiger partial charge in [-0.15, -0.1) is 0 Å². The Morgan fingerprint density at radius 1 is 1.62 bits per heavy atom. The minimum atomic E-state index is 0.00778. The molecule has 0 aliphatic rings. The molecule has 88 valence electrons. The number of anilines is 1. The van der Waals surface area contributed by atoms with Gasteiger partial charge in [0.1, 0.15) is 0 Å². The molecule has 1 aromatic rings. The molecule has 1 amide bonds. The number of hydrogen-bond donors (Lipinski definition) is 2. The minimum absolute atomic E-state index is 0.00778. The molecule has 0 bridgehead atoms. The van der Waals surface area contributed by atoms with Crippen molar-refractivity contribution in [2.24, 2.45) is 11.7 Å². The van der Waals surface area contributed by atoms with E-state index >= 15 is 0 Å². The van der Waals surface area contributed by atoms with Gasteiger partial charge in [-0.3, -0.25) is 9.78 Å². The fourth-order valence-electron chi connectivity index (χ4n) is 1.45. The van der Waals surface area contributed by atoms with Gasteiger partial charge in [-0.05, 0) is 31.0 Å². The summed E-state index contributed by atoms with van der Waals surface area (Å²) in [6.45, 7) is 4.54. The van der Waals surface area contributed by atoms with Crippen molar-refractivity contribution in [2.45, 2.75) is 26.7 Å². The maximum absolute atomic E-state index is 11.7. The molecular formula is C12H19N3O. The number of amides is 1. The summed E-state index contributed by atoms with van der Waals surface area (Å²) in [5, 5.41) is 2.85. The number of aromatic nitrogens is 1. The van der Waals surface area contributed by atoms with E-state index in [4.69, 9.17) is 5.73 Å². The molecule has 0 aromatic carbocycles. The molecule has 0 radical (unpaired) electrons. The quantitative estimate of drug-likeness (QED) is 0.795. The number of nitrogens with zero attached hydrogens (tertiary/aromatic N) is 1. The van der Waals surface area contributed by atoms with Gasteiger partial charge in [-0.25, -0.2) is 0 Å². The predicted octanol–water partition coefficient (Wildman–Crippen LogP) is 1.70. The molecule has 3 N–H and O–H groups in total. The van der Waals surface area contributed by atoms with Gasteiger partial charge in [0.2, 0.25) is 5.91 Å². The fraction of sp³-hybridized carbons (Fsp3) is 0.500. The second-order valence-corrected chi connectivity index (χ2v) is 3.95. The molecule has 4 nitrogen and oxygen atoms in total. The third-order valence-electron chi connectivity index (χ3n) is 2.70. The molecule has 0 aliphatic carbocycles. The molecule has 1 rings (SSSR count). The van der Waals surface area contributed by atoms with Gasteiger partial charge in [0, 0.05) is 12.6 Å². The zero-order chi connectivity index (χ0) is 12.0. The lowest BCUT2D eigenvalue weighted by molar-refractivity contribution is -0.117. The Balaban J connectivity index is 2.55. The molecule has 0 saturated heterocycles. The normalized spacial score (nSPS) is 12.2. The van der Waals surface area contributed by atoms with Crippen molar-refractivity contribution in [3.63, 3.8) is 0 Å². The van der Waals surface area contributed by atoms with E-state index in [-0.39, 0.29) is 11.8 Å². The lowest BCUT2D eigenvalue weighted by Crippen LogP contribution is -2.22. The minimum Gasteiger partial charge on any atom is -0.330 e. The predicted molar refractivity (Wildman–Crippen MR) is 65.1 cm³/mol. The molecule has 0 aliphatic heterocycles. The Morgan fingerprint density at radius 2 is 2.38 bits per heavy atom. The summed E-state index contributed by atoms with van der Waals surface area (Å²) < 4.78 is 0. The number of carbonyl (C=O) groups excluding carboxylic acids is 1. The lowest BCUT2D eigenvalue weighted by Gasteiger charge is -2.12. The zero-order valence-corrected chi connectivity index (χ0v) is 9.86. The first-order chi connectivity index (χ1) is 7.67. The summed E-state index contributed by atoms with van der Waals surface area (Å²) in [7, 11) is 0. The summed E-state index contributed by atoms with van der Waals surface area (Å²) in [4.78, 5) is 15.7. The number of carbonyl (C=O) groups is 1. The van der Waals surface area contributed by atoms with Crippen molar-refractivity contribution < 1.29 is 4.79 Å². The first kappa shape index (κ1) is 12.6. The Bertz CT molecular complexity index is 348. The van der Waals surface area contributed by atoms with Gasteiger partial charge in [-0.2, -0.15) is 0 Å². The average Bonchev–Trinajstić information content (AvgIpc) is 2.29. The van der Waals surface area contributed by atoms with Crippen LogP contribution in [0, 0.1) is 12.8 Å². The summed E-state index contributed by atoms with van der Waals surface area (Å²) in [5.74, 6) is 0.269. The van der Waals surface area contributed by atoms with Crippen LogP contribution in [0.25, 0.3) is 0 Å². The van der Waals surface area contributed by atoms with Crippen LogP contribution in [0.1, 0.15) is 25.3 Å². The smallest absolute Gasteiger partial charge is 0.224 e. The van der Waals surface area contributed by atoms with E-state index in [9.17, 15) is 4.79 Å². The number of nitrogens with two attached hydrogens (primary N) is 1. The van der Waals surface area contributed by atoms with Crippen molar-refractivity contribution in [3.05, 3.63) is 24.0 Å². The highest BCUT2D eigenvalue weighted by Crippen LogP contribution is 2.13. The molecule has 1 atom stereocenters. The van der Waals surface area contributed by atoms with E-state index in [1.54, 1.807) is 12.4 Å². The second kappa shape index (κ2) is 6.23. The van der Waals surface area contributed by atoms with Gasteiger partial charge in [-0.1, -0.05) is 13.3 Å². The van der Waals surface area contributed by atoms with E-state index in [2.05, 4.69) is 10.3 Å². The third kappa shape index (κ3) is 3.62. The van der Waals surface area contributed by atoms with Crippen LogP contribution in [0.4, 0.5) is 5.69 Å². The first-order valence-corrected chi connectivity index (χ1v) is 5.57. The van der Waals surface area contributed by atoms with Crippen LogP contribution in [0.3, 0.4) is 0 Å². The van der Waals surface area contributed by atoms with Crippen LogP contribution < -0.4 is 11.1 Å². The summed E-state index contributed by atoms with van der Waals surface area (Å²) in [6, 6.07) is 1.87.